The van der Waals surface area contributed by atoms with Gasteiger partial charge in [-0.3, -0.25) is 4.90 Å². The van der Waals surface area contributed by atoms with Crippen LogP contribution in [0.15, 0.2) is 18.2 Å². The molecule has 0 saturated heterocycles. The first kappa shape index (κ1) is 16.2. The van der Waals surface area contributed by atoms with Crippen LogP contribution < -0.4 is 5.46 Å². The predicted molar refractivity (Wildman–Crippen MR) is 76.6 cm³/mol. The Morgan fingerprint density at radius 3 is 2.26 bits per heavy atom. The van der Waals surface area contributed by atoms with E-state index in [0.717, 1.165) is 6.54 Å². The van der Waals surface area contributed by atoms with Crippen LogP contribution in [-0.2, 0) is 6.54 Å². The van der Waals surface area contributed by atoms with E-state index in [1.165, 1.54) is 6.07 Å². The zero-order valence-corrected chi connectivity index (χ0v) is 12.1. The first-order chi connectivity index (χ1) is 8.81. The van der Waals surface area contributed by atoms with Gasteiger partial charge in [0.15, 0.2) is 0 Å². The van der Waals surface area contributed by atoms with E-state index in [1.807, 2.05) is 0 Å². The van der Waals surface area contributed by atoms with Crippen LogP contribution in [-0.4, -0.2) is 34.7 Å². The van der Waals surface area contributed by atoms with Crippen LogP contribution in [0.1, 0.15) is 33.3 Å². The third-order valence-corrected chi connectivity index (χ3v) is 3.08. The Bertz CT molecular complexity index is 410. The lowest BCUT2D eigenvalue weighted by Gasteiger charge is -2.28. The molecule has 0 aromatic heterocycles. The van der Waals surface area contributed by atoms with Crippen molar-refractivity contribution in [3.63, 3.8) is 0 Å². The molecule has 0 spiro atoms. The highest BCUT2D eigenvalue weighted by Gasteiger charge is 2.17. The highest BCUT2D eigenvalue weighted by atomic mass is 19.1. The van der Waals surface area contributed by atoms with Crippen molar-refractivity contribution < 1.29 is 14.4 Å². The lowest BCUT2D eigenvalue weighted by molar-refractivity contribution is 0.187. The lowest BCUT2D eigenvalue weighted by Crippen LogP contribution is -2.34. The summed E-state index contributed by atoms with van der Waals surface area (Å²) in [5.74, 6) is 0.129. The van der Waals surface area contributed by atoms with Gasteiger partial charge in [-0.25, -0.2) is 4.39 Å². The highest BCUT2D eigenvalue weighted by molar-refractivity contribution is 6.58. The molecule has 1 aromatic carbocycles. The molecule has 1 aromatic rings. The molecule has 0 amide bonds. The topological polar surface area (TPSA) is 43.7 Å². The second-order valence-corrected chi connectivity index (χ2v) is 5.64. The minimum absolute atomic E-state index is 0.182. The van der Waals surface area contributed by atoms with Crippen LogP contribution in [0.3, 0.4) is 0 Å². The molecular weight excluding hydrogens is 244 g/mol. The molecule has 0 atom stereocenters. The largest absolute Gasteiger partial charge is 0.488 e. The van der Waals surface area contributed by atoms with Crippen LogP contribution in [0, 0.1) is 11.7 Å². The summed E-state index contributed by atoms with van der Waals surface area (Å²) in [4.78, 5) is 2.21. The van der Waals surface area contributed by atoms with E-state index >= 15 is 0 Å². The van der Waals surface area contributed by atoms with Gasteiger partial charge in [0, 0.05) is 24.7 Å². The zero-order chi connectivity index (χ0) is 14.6. The molecule has 0 fully saturated rings. The molecule has 1 rings (SSSR count). The SMILES string of the molecule is CC(C)CN(Cc1ccc(B(O)O)cc1F)C(C)C. The van der Waals surface area contributed by atoms with Gasteiger partial charge in [-0.15, -0.1) is 0 Å². The van der Waals surface area contributed by atoms with Crippen molar-refractivity contribution in [2.75, 3.05) is 6.54 Å². The Hall–Kier alpha value is -0.905. The van der Waals surface area contributed by atoms with Crippen LogP contribution in [0.25, 0.3) is 0 Å². The first-order valence-corrected chi connectivity index (χ1v) is 6.69. The van der Waals surface area contributed by atoms with E-state index in [2.05, 4.69) is 32.6 Å². The summed E-state index contributed by atoms with van der Waals surface area (Å²) in [6.45, 7) is 9.89. The third-order valence-electron chi connectivity index (χ3n) is 3.08. The predicted octanol–water partition coefficient (Wildman–Crippen LogP) is 1.37. The average molecular weight is 267 g/mol. The number of hydrogen-bond acceptors (Lipinski definition) is 3. The van der Waals surface area contributed by atoms with Gasteiger partial charge in [-0.1, -0.05) is 26.0 Å². The van der Waals surface area contributed by atoms with Crippen molar-refractivity contribution in [3.8, 4) is 0 Å². The monoisotopic (exact) mass is 267 g/mol. The van der Waals surface area contributed by atoms with Crippen molar-refractivity contribution in [1.82, 2.24) is 4.90 Å². The van der Waals surface area contributed by atoms with Crippen molar-refractivity contribution in [3.05, 3.63) is 29.6 Å². The van der Waals surface area contributed by atoms with Gasteiger partial charge in [0.25, 0.3) is 0 Å². The fourth-order valence-electron chi connectivity index (χ4n) is 2.00. The molecule has 3 nitrogen and oxygen atoms in total. The summed E-state index contributed by atoms with van der Waals surface area (Å²) in [5, 5.41) is 18.0. The van der Waals surface area contributed by atoms with E-state index < -0.39 is 7.12 Å². The molecule has 0 saturated carbocycles. The number of hydrogen-bond donors (Lipinski definition) is 2. The average Bonchev–Trinajstić information content (AvgIpc) is 2.29. The molecule has 5 heteroatoms. The van der Waals surface area contributed by atoms with Gasteiger partial charge in [0.1, 0.15) is 5.82 Å². The van der Waals surface area contributed by atoms with Gasteiger partial charge < -0.3 is 10.0 Å². The van der Waals surface area contributed by atoms with Crippen LogP contribution in [0.4, 0.5) is 4.39 Å². The van der Waals surface area contributed by atoms with Crippen LogP contribution >= 0.6 is 0 Å². The Balaban J connectivity index is 2.85. The lowest BCUT2D eigenvalue weighted by atomic mass is 9.80. The van der Waals surface area contributed by atoms with Gasteiger partial charge >= 0.3 is 7.12 Å². The molecule has 0 heterocycles. The maximum absolute atomic E-state index is 13.9. The molecule has 0 unspecified atom stereocenters. The molecular formula is C14H23BFNO2. The minimum Gasteiger partial charge on any atom is -0.423 e. The van der Waals surface area contributed by atoms with E-state index in [0.29, 0.717) is 24.1 Å². The molecule has 2 N–H and O–H groups in total. The molecule has 0 aliphatic heterocycles. The molecule has 106 valence electrons. The van der Waals surface area contributed by atoms with E-state index in [4.69, 9.17) is 10.0 Å². The third kappa shape index (κ3) is 4.93. The number of nitrogens with zero attached hydrogens (tertiary/aromatic N) is 1. The Labute approximate surface area is 115 Å². The fraction of sp³-hybridized carbons (Fsp3) is 0.571. The molecule has 0 aliphatic carbocycles. The van der Waals surface area contributed by atoms with Crippen molar-refractivity contribution >= 4 is 12.6 Å². The maximum Gasteiger partial charge on any atom is 0.488 e. The summed E-state index contributed by atoms with van der Waals surface area (Å²) in [6, 6.07) is 4.70. The smallest absolute Gasteiger partial charge is 0.423 e. The molecule has 0 radical (unpaired) electrons. The summed E-state index contributed by atoms with van der Waals surface area (Å²) in [6.07, 6.45) is 0. The van der Waals surface area contributed by atoms with E-state index in [1.54, 1.807) is 12.1 Å². The van der Waals surface area contributed by atoms with Gasteiger partial charge in [-0.05, 0) is 31.3 Å². The molecule has 0 bridgehead atoms. The van der Waals surface area contributed by atoms with Gasteiger partial charge in [-0.2, -0.15) is 0 Å². The Morgan fingerprint density at radius 1 is 1.21 bits per heavy atom. The van der Waals surface area contributed by atoms with E-state index in [9.17, 15) is 4.39 Å². The van der Waals surface area contributed by atoms with Crippen molar-refractivity contribution in [1.29, 1.82) is 0 Å². The standard InChI is InChI=1S/C14H23BFNO2/c1-10(2)8-17(11(3)4)9-12-5-6-13(15(18)19)7-14(12)16/h5-7,10-11,18-19H,8-9H2,1-4H3. The fourth-order valence-corrected chi connectivity index (χ4v) is 2.00. The van der Waals surface area contributed by atoms with Gasteiger partial charge in [0.2, 0.25) is 0 Å². The quantitative estimate of drug-likeness (QED) is 0.765. The molecule has 0 aliphatic rings. The number of halogens is 1. The second kappa shape index (κ2) is 7.03. The Kier molecular flexibility index (Phi) is 5.98. The van der Waals surface area contributed by atoms with Gasteiger partial charge in [0.05, 0.1) is 0 Å². The number of rotatable bonds is 6. The van der Waals surface area contributed by atoms with E-state index in [-0.39, 0.29) is 11.3 Å². The van der Waals surface area contributed by atoms with Crippen molar-refractivity contribution in [2.24, 2.45) is 5.92 Å². The molecule has 19 heavy (non-hydrogen) atoms. The summed E-state index contributed by atoms with van der Waals surface area (Å²) in [7, 11) is -1.62. The van der Waals surface area contributed by atoms with Crippen LogP contribution in [0.5, 0.6) is 0 Å². The normalized spacial score (nSPS) is 11.7. The minimum atomic E-state index is -1.62. The summed E-state index contributed by atoms with van der Waals surface area (Å²) in [5.41, 5.74) is 0.764. The Morgan fingerprint density at radius 2 is 1.84 bits per heavy atom. The zero-order valence-electron chi connectivity index (χ0n) is 12.1. The maximum atomic E-state index is 13.9. The first-order valence-electron chi connectivity index (χ1n) is 6.69. The van der Waals surface area contributed by atoms with Crippen LogP contribution in [0.2, 0.25) is 0 Å². The summed E-state index contributed by atoms with van der Waals surface area (Å²) >= 11 is 0. The van der Waals surface area contributed by atoms with Crippen molar-refractivity contribution in [2.45, 2.75) is 40.3 Å². The second-order valence-electron chi connectivity index (χ2n) is 5.64. The summed E-state index contributed by atoms with van der Waals surface area (Å²) < 4.78 is 13.9. The highest BCUT2D eigenvalue weighted by Crippen LogP contribution is 2.13. The number of benzene rings is 1.